The largest absolute Gasteiger partial charge is 0.508 e. The van der Waals surface area contributed by atoms with E-state index in [1.807, 2.05) is 6.07 Å². The number of piperidine rings is 1. The normalized spacial score (nSPS) is 14.8. The highest BCUT2D eigenvalue weighted by Crippen LogP contribution is 2.36. The number of phenols is 1. The van der Waals surface area contributed by atoms with Gasteiger partial charge in [0.1, 0.15) is 23.7 Å². The first-order chi connectivity index (χ1) is 14.9. The van der Waals surface area contributed by atoms with E-state index >= 15 is 0 Å². The minimum Gasteiger partial charge on any atom is -0.508 e. The Bertz CT molecular complexity index is 1090. The van der Waals surface area contributed by atoms with Gasteiger partial charge in [0.2, 0.25) is 0 Å². The average Bonchev–Trinajstić information content (AvgIpc) is 2.76. The lowest BCUT2D eigenvalue weighted by molar-refractivity contribution is 0.157. The van der Waals surface area contributed by atoms with Gasteiger partial charge in [0, 0.05) is 17.5 Å². The number of nitrogens with one attached hydrogen (secondary N) is 1. The lowest BCUT2D eigenvalue weighted by atomic mass is 9.98. The number of aryl methyl sites for hydroxylation is 1. The van der Waals surface area contributed by atoms with Crippen LogP contribution in [0, 0.1) is 18.7 Å². The van der Waals surface area contributed by atoms with Crippen LogP contribution in [-0.4, -0.2) is 53.8 Å². The zero-order valence-electron chi connectivity index (χ0n) is 18.4. The highest BCUT2D eigenvalue weighted by Gasteiger charge is 2.19. The van der Waals surface area contributed by atoms with Crippen LogP contribution in [-0.2, 0) is 0 Å². The van der Waals surface area contributed by atoms with Crippen molar-refractivity contribution in [2.24, 2.45) is 5.92 Å². The summed E-state index contributed by atoms with van der Waals surface area (Å²) in [5, 5.41) is 13.5. The molecular formula is C23H28ClFN4O3. The van der Waals surface area contributed by atoms with E-state index in [4.69, 9.17) is 9.47 Å². The van der Waals surface area contributed by atoms with Crippen molar-refractivity contribution in [3.8, 4) is 17.2 Å². The molecule has 0 unspecified atom stereocenters. The van der Waals surface area contributed by atoms with Gasteiger partial charge in [0.25, 0.3) is 0 Å². The molecule has 3 aromatic rings. The Morgan fingerprint density at radius 1 is 1.16 bits per heavy atom. The van der Waals surface area contributed by atoms with E-state index in [2.05, 4.69) is 27.2 Å². The Morgan fingerprint density at radius 3 is 2.62 bits per heavy atom. The van der Waals surface area contributed by atoms with Crippen molar-refractivity contribution >= 4 is 34.8 Å². The van der Waals surface area contributed by atoms with Crippen molar-refractivity contribution in [1.82, 2.24) is 14.9 Å². The van der Waals surface area contributed by atoms with E-state index in [9.17, 15) is 9.50 Å². The summed E-state index contributed by atoms with van der Waals surface area (Å²) in [6.45, 7) is 4.42. The molecule has 0 amide bonds. The van der Waals surface area contributed by atoms with E-state index in [0.29, 0.717) is 46.3 Å². The van der Waals surface area contributed by atoms with Gasteiger partial charge < -0.3 is 24.8 Å². The van der Waals surface area contributed by atoms with Gasteiger partial charge in [0.15, 0.2) is 11.5 Å². The number of anilines is 2. The van der Waals surface area contributed by atoms with Gasteiger partial charge in [-0.1, -0.05) is 0 Å². The molecule has 7 nitrogen and oxygen atoms in total. The van der Waals surface area contributed by atoms with Crippen molar-refractivity contribution in [2.45, 2.75) is 19.8 Å². The molecule has 1 fully saturated rings. The van der Waals surface area contributed by atoms with Crippen molar-refractivity contribution in [3.63, 3.8) is 0 Å². The minimum absolute atomic E-state index is 0. The molecule has 2 aromatic carbocycles. The molecule has 0 bridgehead atoms. The number of nitrogens with zero attached hydrogens (tertiary/aromatic N) is 3. The number of aromatic hydroxyl groups is 1. The highest BCUT2D eigenvalue weighted by atomic mass is 35.5. The smallest absolute Gasteiger partial charge is 0.163 e. The van der Waals surface area contributed by atoms with Crippen LogP contribution in [0.4, 0.5) is 15.9 Å². The lowest BCUT2D eigenvalue weighted by Gasteiger charge is -2.28. The van der Waals surface area contributed by atoms with E-state index in [1.165, 1.54) is 18.5 Å². The summed E-state index contributed by atoms with van der Waals surface area (Å²) in [5.74, 6) is 1.63. The van der Waals surface area contributed by atoms with Crippen LogP contribution in [0.3, 0.4) is 0 Å². The Labute approximate surface area is 193 Å². The number of hydrogen-bond acceptors (Lipinski definition) is 7. The van der Waals surface area contributed by atoms with E-state index < -0.39 is 5.82 Å². The van der Waals surface area contributed by atoms with Crippen LogP contribution in [0.15, 0.2) is 30.6 Å². The van der Waals surface area contributed by atoms with Crippen molar-refractivity contribution in [2.75, 3.05) is 39.2 Å². The van der Waals surface area contributed by atoms with Crippen LogP contribution in [0.1, 0.15) is 18.4 Å². The monoisotopic (exact) mass is 462 g/mol. The Hall–Kier alpha value is -2.84. The fourth-order valence-electron chi connectivity index (χ4n) is 3.76. The van der Waals surface area contributed by atoms with Crippen LogP contribution < -0.4 is 14.8 Å². The van der Waals surface area contributed by atoms with Gasteiger partial charge >= 0.3 is 0 Å². The summed E-state index contributed by atoms with van der Waals surface area (Å²) in [6.07, 6.45) is 3.62. The van der Waals surface area contributed by atoms with Gasteiger partial charge in [-0.3, -0.25) is 0 Å². The number of methoxy groups -OCH3 is 1. The molecular weight excluding hydrogens is 435 g/mol. The zero-order chi connectivity index (χ0) is 22.0. The summed E-state index contributed by atoms with van der Waals surface area (Å²) in [4.78, 5) is 10.9. The summed E-state index contributed by atoms with van der Waals surface area (Å²) in [5.41, 5.74) is 1.24. The maximum atomic E-state index is 14.4. The number of hydrogen-bond donors (Lipinski definition) is 2. The standard InChI is InChI=1S/C23H27FN4O3.ClH/c1-14-8-17(24)19(10-20(14)29)27-23-16-9-21(30-3)22(11-18(16)25-13-26-23)31-12-15-4-6-28(2)7-5-15;/h8-11,13,15,29H,4-7,12H2,1-3H3,(H,25,26,27);1H. The Morgan fingerprint density at radius 2 is 1.91 bits per heavy atom. The summed E-state index contributed by atoms with van der Waals surface area (Å²) < 4.78 is 26.0. The fraction of sp³-hybridized carbons (Fsp3) is 0.391. The molecule has 32 heavy (non-hydrogen) atoms. The first-order valence-corrected chi connectivity index (χ1v) is 10.3. The molecule has 0 spiro atoms. The topological polar surface area (TPSA) is 79.7 Å². The molecule has 2 N–H and O–H groups in total. The SMILES string of the molecule is COc1cc2c(Nc3cc(O)c(C)cc3F)ncnc2cc1OCC1CCN(C)CC1.Cl. The molecule has 1 aliphatic rings. The first-order valence-electron chi connectivity index (χ1n) is 10.3. The van der Waals surface area contributed by atoms with E-state index in [1.54, 1.807) is 20.1 Å². The van der Waals surface area contributed by atoms with Crippen LogP contribution in [0.2, 0.25) is 0 Å². The quantitative estimate of drug-likeness (QED) is 0.550. The predicted molar refractivity (Wildman–Crippen MR) is 125 cm³/mol. The Kier molecular flexibility index (Phi) is 7.58. The van der Waals surface area contributed by atoms with E-state index in [0.717, 1.165) is 25.9 Å². The zero-order valence-corrected chi connectivity index (χ0v) is 19.2. The number of halogens is 2. The molecule has 0 saturated carbocycles. The van der Waals surface area contributed by atoms with Crippen LogP contribution in [0.5, 0.6) is 17.2 Å². The number of ether oxygens (including phenoxy) is 2. The second-order valence-corrected chi connectivity index (χ2v) is 8.04. The molecule has 1 saturated heterocycles. The van der Waals surface area contributed by atoms with E-state index in [-0.39, 0.29) is 23.8 Å². The number of benzene rings is 2. The number of likely N-dealkylation sites (tertiary alicyclic amines) is 1. The number of fused-ring (bicyclic) bond motifs is 1. The molecule has 1 aliphatic heterocycles. The van der Waals surface area contributed by atoms with Crippen molar-refractivity contribution < 1.29 is 19.0 Å². The molecule has 172 valence electrons. The molecule has 2 heterocycles. The average molecular weight is 463 g/mol. The third-order valence-corrected chi connectivity index (χ3v) is 5.77. The summed E-state index contributed by atoms with van der Waals surface area (Å²) in [6, 6.07) is 6.22. The van der Waals surface area contributed by atoms with Crippen molar-refractivity contribution in [1.29, 1.82) is 0 Å². The second-order valence-electron chi connectivity index (χ2n) is 8.04. The third-order valence-electron chi connectivity index (χ3n) is 5.77. The number of aromatic nitrogens is 2. The molecule has 0 aliphatic carbocycles. The highest BCUT2D eigenvalue weighted by molar-refractivity contribution is 5.93. The van der Waals surface area contributed by atoms with Gasteiger partial charge in [-0.25, -0.2) is 14.4 Å². The van der Waals surface area contributed by atoms with Gasteiger partial charge in [-0.05, 0) is 63.5 Å². The second kappa shape index (κ2) is 10.2. The minimum atomic E-state index is -0.480. The first kappa shape index (κ1) is 23.8. The van der Waals surface area contributed by atoms with Crippen LogP contribution >= 0.6 is 12.4 Å². The van der Waals surface area contributed by atoms with Crippen LogP contribution in [0.25, 0.3) is 10.9 Å². The maximum Gasteiger partial charge on any atom is 0.163 e. The summed E-state index contributed by atoms with van der Waals surface area (Å²) >= 11 is 0. The lowest BCUT2D eigenvalue weighted by Crippen LogP contribution is -2.32. The number of rotatable bonds is 6. The van der Waals surface area contributed by atoms with Gasteiger partial charge in [0.05, 0.1) is 24.9 Å². The Balaban J connectivity index is 0.00000289. The summed E-state index contributed by atoms with van der Waals surface area (Å²) in [7, 11) is 3.72. The maximum absolute atomic E-state index is 14.4. The molecule has 0 atom stereocenters. The molecule has 4 rings (SSSR count). The van der Waals surface area contributed by atoms with Crippen molar-refractivity contribution in [3.05, 3.63) is 42.0 Å². The van der Waals surface area contributed by atoms with Gasteiger partial charge in [-0.15, -0.1) is 12.4 Å². The predicted octanol–water partition coefficient (Wildman–Crippen LogP) is 4.68. The third kappa shape index (κ3) is 5.14. The fourth-order valence-corrected chi connectivity index (χ4v) is 3.76. The molecule has 0 radical (unpaired) electrons. The van der Waals surface area contributed by atoms with Gasteiger partial charge in [-0.2, -0.15) is 0 Å². The molecule has 1 aromatic heterocycles. The number of phenolic OH excluding ortho intramolecular Hbond substituents is 1. The molecule has 9 heteroatoms.